The summed E-state index contributed by atoms with van der Waals surface area (Å²) in [6.45, 7) is 0.878. The van der Waals surface area contributed by atoms with Crippen LogP contribution in [-0.2, 0) is 43.1 Å². The van der Waals surface area contributed by atoms with Gasteiger partial charge in [-0.05, 0) is 34.9 Å². The van der Waals surface area contributed by atoms with Crippen LogP contribution in [0.2, 0.25) is 0 Å². The van der Waals surface area contributed by atoms with Gasteiger partial charge in [0.05, 0.1) is 33.5 Å². The van der Waals surface area contributed by atoms with Gasteiger partial charge in [-0.15, -0.1) is 0 Å². The van der Waals surface area contributed by atoms with Crippen molar-refractivity contribution in [2.24, 2.45) is 0 Å². The van der Waals surface area contributed by atoms with Gasteiger partial charge in [-0.3, -0.25) is 4.57 Å². The Balaban J connectivity index is 1.46. The zero-order valence-electron chi connectivity index (χ0n) is 23.0. The zero-order valence-corrected chi connectivity index (χ0v) is 23.8. The Morgan fingerprint density at radius 2 is 1.24 bits per heavy atom. The van der Waals surface area contributed by atoms with Gasteiger partial charge in [0, 0.05) is 5.30 Å². The molecule has 1 N–H and O–H groups in total. The van der Waals surface area contributed by atoms with Crippen LogP contribution in [0.15, 0.2) is 115 Å². The average molecular weight is 575 g/mol. The molecule has 1 saturated heterocycles. The molecule has 5 atom stereocenters. The van der Waals surface area contributed by atoms with Crippen molar-refractivity contribution in [3.8, 4) is 5.75 Å². The van der Waals surface area contributed by atoms with Gasteiger partial charge in [0.25, 0.3) is 7.37 Å². The molecular formula is C33H35O7P. The summed E-state index contributed by atoms with van der Waals surface area (Å²) >= 11 is 0. The molecule has 7 nitrogen and oxygen atoms in total. The molecule has 0 radical (unpaired) electrons. The first-order valence-corrected chi connectivity index (χ1v) is 15.3. The van der Waals surface area contributed by atoms with Gasteiger partial charge in [-0.1, -0.05) is 97.1 Å². The van der Waals surface area contributed by atoms with Crippen LogP contribution >= 0.6 is 7.37 Å². The quantitative estimate of drug-likeness (QED) is 0.217. The van der Waals surface area contributed by atoms with Crippen molar-refractivity contribution >= 4 is 12.7 Å². The molecule has 214 valence electrons. The van der Waals surface area contributed by atoms with E-state index in [1.807, 2.05) is 91.0 Å². The van der Waals surface area contributed by atoms with E-state index in [-0.39, 0.29) is 19.8 Å². The number of methoxy groups -OCH3 is 1. The predicted octanol–water partition coefficient (Wildman–Crippen LogP) is 5.70. The summed E-state index contributed by atoms with van der Waals surface area (Å²) in [4.78, 5) is 0. The number of aliphatic hydroxyl groups excluding tert-OH is 1. The first-order valence-electron chi connectivity index (χ1n) is 13.6. The SMILES string of the molecule is COc1cccc([P@]2(=O)O[C@H](COCc3ccccc3)[C@@H](OCc3ccccc3)[C@H](OCc3ccccc3)[C@H]2O)c1. The maximum Gasteiger partial charge on any atom is 0.263 e. The lowest BCUT2D eigenvalue weighted by Gasteiger charge is -2.44. The lowest BCUT2D eigenvalue weighted by atomic mass is 10.1. The van der Waals surface area contributed by atoms with Crippen LogP contribution < -0.4 is 10.0 Å². The Kier molecular flexibility index (Phi) is 10.0. The molecule has 1 aliphatic rings. The van der Waals surface area contributed by atoms with Crippen molar-refractivity contribution in [2.75, 3.05) is 13.7 Å². The summed E-state index contributed by atoms with van der Waals surface area (Å²) in [6, 6.07) is 35.9. The van der Waals surface area contributed by atoms with Gasteiger partial charge in [-0.25, -0.2) is 0 Å². The lowest BCUT2D eigenvalue weighted by Crippen LogP contribution is -2.55. The number of ether oxygens (including phenoxy) is 4. The molecule has 1 aliphatic heterocycles. The van der Waals surface area contributed by atoms with Crippen molar-refractivity contribution < 1.29 is 33.1 Å². The third-order valence-electron chi connectivity index (χ3n) is 7.00. The second-order valence-corrected chi connectivity index (χ2v) is 12.3. The molecule has 0 amide bonds. The van der Waals surface area contributed by atoms with E-state index in [1.165, 1.54) is 7.11 Å². The highest BCUT2D eigenvalue weighted by Gasteiger charge is 2.54. The third kappa shape index (κ3) is 7.32. The maximum atomic E-state index is 14.6. The Hall–Kier alpha value is -3.29. The van der Waals surface area contributed by atoms with Crippen LogP contribution in [0.5, 0.6) is 5.75 Å². The van der Waals surface area contributed by atoms with Crippen molar-refractivity contribution in [1.82, 2.24) is 0 Å². The van der Waals surface area contributed by atoms with Crippen molar-refractivity contribution in [3.63, 3.8) is 0 Å². The minimum Gasteiger partial charge on any atom is -0.497 e. The molecule has 0 spiro atoms. The van der Waals surface area contributed by atoms with E-state index in [4.69, 9.17) is 23.5 Å². The van der Waals surface area contributed by atoms with E-state index in [9.17, 15) is 9.67 Å². The standard InChI is InChI=1S/C33H35O7P/c1-36-28-18-11-19-29(20-28)41(35)33(34)32(39-23-27-16-9-4-10-17-27)31(38-22-26-14-7-3-8-15-26)30(40-41)24-37-21-25-12-5-2-6-13-25/h2-20,30-34H,21-24H2,1H3/t30-,31-,32+,33+,41+/m1/s1. The van der Waals surface area contributed by atoms with Gasteiger partial charge in [-0.2, -0.15) is 0 Å². The zero-order chi connectivity index (χ0) is 28.5. The Bertz CT molecular complexity index is 1400. The van der Waals surface area contributed by atoms with Crippen LogP contribution in [0.3, 0.4) is 0 Å². The highest BCUT2D eigenvalue weighted by molar-refractivity contribution is 7.67. The smallest absolute Gasteiger partial charge is 0.263 e. The van der Waals surface area contributed by atoms with Crippen molar-refractivity contribution in [3.05, 3.63) is 132 Å². The fraction of sp³-hybridized carbons (Fsp3) is 0.273. The minimum atomic E-state index is -3.89. The van der Waals surface area contributed by atoms with E-state index in [0.717, 1.165) is 16.7 Å². The topological polar surface area (TPSA) is 83.5 Å². The number of aliphatic hydroxyl groups is 1. The van der Waals surface area contributed by atoms with Gasteiger partial charge < -0.3 is 28.6 Å². The van der Waals surface area contributed by atoms with E-state index in [2.05, 4.69) is 0 Å². The summed E-state index contributed by atoms with van der Waals surface area (Å²) in [5.41, 5.74) is 2.87. The third-order valence-corrected chi connectivity index (χ3v) is 9.57. The molecular weight excluding hydrogens is 539 g/mol. The van der Waals surface area contributed by atoms with Crippen LogP contribution in [0.4, 0.5) is 0 Å². The van der Waals surface area contributed by atoms with E-state index < -0.39 is 31.5 Å². The van der Waals surface area contributed by atoms with Gasteiger partial charge in [0.2, 0.25) is 0 Å². The molecule has 41 heavy (non-hydrogen) atoms. The van der Waals surface area contributed by atoms with Crippen LogP contribution in [0.25, 0.3) is 0 Å². The van der Waals surface area contributed by atoms with Crippen LogP contribution in [0, 0.1) is 0 Å². The first-order chi connectivity index (χ1) is 20.1. The van der Waals surface area contributed by atoms with E-state index in [1.54, 1.807) is 24.3 Å². The largest absolute Gasteiger partial charge is 0.497 e. The molecule has 4 aromatic rings. The molecule has 4 aromatic carbocycles. The van der Waals surface area contributed by atoms with Gasteiger partial charge in [0.1, 0.15) is 24.1 Å². The second-order valence-electron chi connectivity index (χ2n) is 9.88. The minimum absolute atomic E-state index is 0.0836. The molecule has 1 heterocycles. The Morgan fingerprint density at radius 3 is 1.80 bits per heavy atom. The number of benzene rings is 4. The Labute approximate surface area is 241 Å². The predicted molar refractivity (Wildman–Crippen MR) is 157 cm³/mol. The molecule has 0 aliphatic carbocycles. The molecule has 8 heteroatoms. The normalized spacial score (nSPS) is 24.1. The number of hydrogen-bond acceptors (Lipinski definition) is 7. The summed E-state index contributed by atoms with van der Waals surface area (Å²) in [6.07, 6.45) is -2.52. The molecule has 5 rings (SSSR count). The number of hydrogen-bond donors (Lipinski definition) is 1. The average Bonchev–Trinajstić information content (AvgIpc) is 3.03. The van der Waals surface area contributed by atoms with E-state index >= 15 is 0 Å². The first kappa shape index (κ1) is 29.2. The van der Waals surface area contributed by atoms with E-state index in [0.29, 0.717) is 17.7 Å². The lowest BCUT2D eigenvalue weighted by molar-refractivity contribution is -0.174. The van der Waals surface area contributed by atoms with Gasteiger partial charge >= 0.3 is 0 Å². The fourth-order valence-corrected chi connectivity index (χ4v) is 7.20. The summed E-state index contributed by atoms with van der Waals surface area (Å²) in [7, 11) is -2.35. The van der Waals surface area contributed by atoms with Crippen molar-refractivity contribution in [2.45, 2.75) is 44.0 Å². The maximum absolute atomic E-state index is 14.6. The molecule has 0 unspecified atom stereocenters. The molecule has 0 saturated carbocycles. The monoisotopic (exact) mass is 574 g/mol. The molecule has 0 bridgehead atoms. The summed E-state index contributed by atoms with van der Waals surface area (Å²) in [5, 5.41) is 12.0. The molecule has 0 aromatic heterocycles. The van der Waals surface area contributed by atoms with Crippen LogP contribution in [-0.4, -0.2) is 43.0 Å². The molecule has 1 fully saturated rings. The Morgan fingerprint density at radius 1 is 0.707 bits per heavy atom. The van der Waals surface area contributed by atoms with Crippen molar-refractivity contribution in [1.29, 1.82) is 0 Å². The summed E-state index contributed by atoms with van der Waals surface area (Å²) in [5.74, 6) is -0.973. The number of rotatable bonds is 12. The highest BCUT2D eigenvalue weighted by Crippen LogP contribution is 2.57. The second kappa shape index (κ2) is 14.1. The van der Waals surface area contributed by atoms with Crippen LogP contribution in [0.1, 0.15) is 16.7 Å². The fourth-order valence-electron chi connectivity index (χ4n) is 4.82. The highest BCUT2D eigenvalue weighted by atomic mass is 31.2. The van der Waals surface area contributed by atoms with Gasteiger partial charge in [0.15, 0.2) is 5.85 Å². The summed E-state index contributed by atoms with van der Waals surface area (Å²) < 4.78 is 45.1.